The molecule has 0 aliphatic carbocycles. The maximum atomic E-state index is 12.0. The van der Waals surface area contributed by atoms with Gasteiger partial charge in [-0.3, -0.25) is 9.69 Å². The first-order valence-electron chi connectivity index (χ1n) is 22.6. The fourth-order valence-electron chi connectivity index (χ4n) is 6.76. The van der Waals surface area contributed by atoms with Gasteiger partial charge in [-0.15, -0.1) is 0 Å². The van der Waals surface area contributed by atoms with Gasteiger partial charge in [-0.25, -0.2) is 0 Å². The highest BCUT2D eigenvalue weighted by molar-refractivity contribution is 5.71. The summed E-state index contributed by atoms with van der Waals surface area (Å²) in [6.45, 7) is 9.15. The summed E-state index contributed by atoms with van der Waals surface area (Å²) in [4.78, 5) is 14.0. The van der Waals surface area contributed by atoms with E-state index in [2.05, 4.69) is 50.3 Å². The van der Waals surface area contributed by atoms with Crippen molar-refractivity contribution in [3.05, 3.63) is 48.1 Å². The van der Waals surface area contributed by atoms with E-state index in [9.17, 15) is 4.79 Å². The second-order valence-corrected chi connectivity index (χ2v) is 15.4. The molecule has 0 heterocycles. The predicted octanol–water partition coefficient (Wildman–Crippen LogP) is 14.5. The molecule has 0 saturated carbocycles. The zero-order valence-electron chi connectivity index (χ0n) is 35.5. The van der Waals surface area contributed by atoms with Crippen molar-refractivity contribution < 1.29 is 19.0 Å². The molecule has 0 aromatic heterocycles. The average Bonchev–Trinajstić information content (AvgIpc) is 3.14. The SMILES string of the molecule is CCCCCCCCC=CCCCCCCCCOc1cc(CN(C)CC(=O)OCC)cc(OCCCCCCCCC=CCCCCCCCC)c1. The van der Waals surface area contributed by atoms with Gasteiger partial charge in [-0.1, -0.05) is 154 Å². The van der Waals surface area contributed by atoms with Gasteiger partial charge in [-0.2, -0.15) is 0 Å². The van der Waals surface area contributed by atoms with Crippen LogP contribution in [0.4, 0.5) is 0 Å². The summed E-state index contributed by atoms with van der Waals surface area (Å²) in [5.74, 6) is 1.52. The van der Waals surface area contributed by atoms with E-state index in [-0.39, 0.29) is 12.5 Å². The Bertz CT molecular complexity index is 943. The topological polar surface area (TPSA) is 48.0 Å². The standard InChI is InChI=1S/C48H85NO4/c1-5-8-10-12-14-16-18-20-22-24-26-28-30-32-34-36-38-52-46-40-45(43-49(4)44-48(50)51-7-3)41-47(42-46)53-39-37-35-33-31-29-27-25-23-21-19-17-15-13-11-9-6-2/h20-23,40-42H,5-19,24-39,43-44H2,1-4H3. The monoisotopic (exact) mass is 740 g/mol. The zero-order chi connectivity index (χ0) is 38.3. The number of hydrogen-bond acceptors (Lipinski definition) is 5. The Hall–Kier alpha value is -2.27. The van der Waals surface area contributed by atoms with Crippen LogP contribution in [-0.4, -0.2) is 44.3 Å². The van der Waals surface area contributed by atoms with E-state index in [1.165, 1.54) is 167 Å². The summed E-state index contributed by atoms with van der Waals surface area (Å²) >= 11 is 0. The molecule has 53 heavy (non-hydrogen) atoms. The molecule has 0 fully saturated rings. The Morgan fingerprint density at radius 1 is 0.509 bits per heavy atom. The van der Waals surface area contributed by atoms with Crippen molar-refractivity contribution >= 4 is 5.97 Å². The highest BCUT2D eigenvalue weighted by Crippen LogP contribution is 2.25. The normalized spacial score (nSPS) is 11.7. The van der Waals surface area contributed by atoms with Gasteiger partial charge in [0.2, 0.25) is 0 Å². The minimum atomic E-state index is -0.196. The van der Waals surface area contributed by atoms with Crippen LogP contribution in [0.5, 0.6) is 11.5 Å². The highest BCUT2D eigenvalue weighted by Gasteiger charge is 2.11. The van der Waals surface area contributed by atoms with Crippen LogP contribution in [0.25, 0.3) is 0 Å². The molecule has 0 N–H and O–H groups in total. The molecule has 0 aliphatic rings. The number of ether oxygens (including phenoxy) is 3. The molecule has 1 rings (SSSR count). The van der Waals surface area contributed by atoms with E-state index in [4.69, 9.17) is 14.2 Å². The maximum absolute atomic E-state index is 12.0. The first-order valence-corrected chi connectivity index (χ1v) is 22.6. The van der Waals surface area contributed by atoms with Crippen LogP contribution in [-0.2, 0) is 16.1 Å². The van der Waals surface area contributed by atoms with Crippen molar-refractivity contribution in [1.29, 1.82) is 0 Å². The van der Waals surface area contributed by atoms with Crippen molar-refractivity contribution in [2.45, 2.75) is 207 Å². The summed E-state index contributed by atoms with van der Waals surface area (Å²) in [5.41, 5.74) is 1.09. The van der Waals surface area contributed by atoms with E-state index in [1.807, 2.05) is 24.9 Å². The van der Waals surface area contributed by atoms with E-state index in [0.29, 0.717) is 13.2 Å². The van der Waals surface area contributed by atoms with Crippen molar-refractivity contribution in [1.82, 2.24) is 4.90 Å². The number of esters is 1. The van der Waals surface area contributed by atoms with Crippen LogP contribution in [0.1, 0.15) is 206 Å². The molecule has 0 saturated heterocycles. The third-order valence-corrected chi connectivity index (χ3v) is 9.95. The fourth-order valence-corrected chi connectivity index (χ4v) is 6.76. The number of carbonyl (C=O) groups is 1. The Morgan fingerprint density at radius 3 is 1.25 bits per heavy atom. The van der Waals surface area contributed by atoms with Crippen LogP contribution in [0.15, 0.2) is 42.5 Å². The van der Waals surface area contributed by atoms with Crippen molar-refractivity contribution in [3.63, 3.8) is 0 Å². The Kier molecular flexibility index (Phi) is 35.0. The minimum absolute atomic E-state index is 0.196. The maximum Gasteiger partial charge on any atom is 0.320 e. The number of unbranched alkanes of at least 4 members (excludes halogenated alkanes) is 24. The molecule has 0 aliphatic heterocycles. The largest absolute Gasteiger partial charge is 0.493 e. The van der Waals surface area contributed by atoms with Crippen LogP contribution < -0.4 is 9.47 Å². The lowest BCUT2D eigenvalue weighted by Crippen LogP contribution is -2.27. The second-order valence-electron chi connectivity index (χ2n) is 15.4. The molecule has 0 amide bonds. The number of rotatable bonds is 39. The number of hydrogen-bond donors (Lipinski definition) is 0. The molecule has 0 unspecified atom stereocenters. The van der Waals surface area contributed by atoms with Crippen LogP contribution in [0.3, 0.4) is 0 Å². The van der Waals surface area contributed by atoms with Gasteiger partial charge in [0.1, 0.15) is 11.5 Å². The molecular weight excluding hydrogens is 655 g/mol. The number of benzene rings is 1. The molecule has 306 valence electrons. The van der Waals surface area contributed by atoms with Gasteiger partial charge in [0.25, 0.3) is 0 Å². The van der Waals surface area contributed by atoms with E-state index in [0.717, 1.165) is 43.1 Å². The molecule has 1 aromatic rings. The van der Waals surface area contributed by atoms with Crippen LogP contribution in [0.2, 0.25) is 0 Å². The third kappa shape index (κ3) is 32.8. The Balaban J connectivity index is 2.29. The molecule has 5 nitrogen and oxygen atoms in total. The summed E-state index contributed by atoms with van der Waals surface area (Å²) in [6.07, 6.45) is 46.1. The fraction of sp³-hybridized carbons (Fsp3) is 0.771. The van der Waals surface area contributed by atoms with Gasteiger partial charge in [0.15, 0.2) is 0 Å². The zero-order valence-corrected chi connectivity index (χ0v) is 35.5. The lowest BCUT2D eigenvalue weighted by Gasteiger charge is -2.18. The van der Waals surface area contributed by atoms with Gasteiger partial charge in [-0.05, 0) is 95.9 Å². The minimum Gasteiger partial charge on any atom is -0.493 e. The number of allylic oxidation sites excluding steroid dienone is 4. The van der Waals surface area contributed by atoms with Gasteiger partial charge in [0.05, 0.1) is 26.4 Å². The molecule has 0 radical (unpaired) electrons. The van der Waals surface area contributed by atoms with Crippen molar-refractivity contribution in [2.75, 3.05) is 33.4 Å². The summed E-state index contributed by atoms with van der Waals surface area (Å²) in [5, 5.41) is 0. The lowest BCUT2D eigenvalue weighted by molar-refractivity contribution is -0.144. The molecule has 0 spiro atoms. The molecule has 5 heteroatoms. The van der Waals surface area contributed by atoms with Gasteiger partial charge < -0.3 is 14.2 Å². The number of nitrogens with zero attached hydrogens (tertiary/aromatic N) is 1. The summed E-state index contributed by atoms with van der Waals surface area (Å²) in [7, 11) is 1.95. The smallest absolute Gasteiger partial charge is 0.320 e. The first kappa shape index (κ1) is 48.7. The second kappa shape index (κ2) is 38.0. The average molecular weight is 740 g/mol. The number of carbonyl (C=O) groups excluding carboxylic acids is 1. The third-order valence-electron chi connectivity index (χ3n) is 9.95. The van der Waals surface area contributed by atoms with E-state index >= 15 is 0 Å². The lowest BCUT2D eigenvalue weighted by atomic mass is 10.1. The number of likely N-dealkylation sites (N-methyl/N-ethyl adjacent to an activating group) is 1. The van der Waals surface area contributed by atoms with Crippen molar-refractivity contribution in [3.8, 4) is 11.5 Å². The van der Waals surface area contributed by atoms with Crippen LogP contribution in [0, 0.1) is 0 Å². The predicted molar refractivity (Wildman–Crippen MR) is 229 cm³/mol. The molecule has 0 bridgehead atoms. The van der Waals surface area contributed by atoms with Gasteiger partial charge >= 0.3 is 5.97 Å². The summed E-state index contributed by atoms with van der Waals surface area (Å²) in [6, 6.07) is 6.23. The van der Waals surface area contributed by atoms with Gasteiger partial charge in [0, 0.05) is 12.6 Å². The Labute approximate surface area is 329 Å². The first-order chi connectivity index (χ1) is 26.1. The summed E-state index contributed by atoms with van der Waals surface area (Å²) < 4.78 is 17.6. The van der Waals surface area contributed by atoms with E-state index in [1.54, 1.807) is 0 Å². The van der Waals surface area contributed by atoms with E-state index < -0.39 is 0 Å². The molecule has 1 aromatic carbocycles. The molecular formula is C48H85NO4. The molecule has 0 atom stereocenters. The quantitative estimate of drug-likeness (QED) is 0.0382. The highest BCUT2D eigenvalue weighted by atomic mass is 16.5. The Morgan fingerprint density at radius 2 is 0.868 bits per heavy atom. The van der Waals surface area contributed by atoms with Crippen LogP contribution >= 0.6 is 0 Å². The van der Waals surface area contributed by atoms with Crippen molar-refractivity contribution in [2.24, 2.45) is 0 Å².